The minimum absolute atomic E-state index is 0.190. The smallest absolute Gasteiger partial charge is 0.191 e. The second kappa shape index (κ2) is 9.05. The van der Waals surface area contributed by atoms with E-state index in [9.17, 15) is 4.39 Å². The normalized spacial score (nSPS) is 10.8. The molecule has 0 atom stereocenters. The van der Waals surface area contributed by atoms with Crippen molar-refractivity contribution in [1.82, 2.24) is 14.8 Å². The lowest BCUT2D eigenvalue weighted by atomic mass is 10.2. The standard InChI is InChI=1S/C20H20FN3S2/c1-3-12-24-19(14-25-17-10-8-15(2)9-11-17)22-23-20(24)26-13-16-6-4-5-7-18(16)21/h3-11H,1,12-14H2,2H3. The molecule has 0 radical (unpaired) electrons. The summed E-state index contributed by atoms with van der Waals surface area (Å²) in [6.07, 6.45) is 1.83. The number of nitrogens with zero attached hydrogens (tertiary/aromatic N) is 3. The molecule has 0 aliphatic rings. The third kappa shape index (κ3) is 4.77. The molecule has 6 heteroatoms. The maximum atomic E-state index is 13.8. The highest BCUT2D eigenvalue weighted by molar-refractivity contribution is 7.98. The van der Waals surface area contributed by atoms with Crippen LogP contribution in [0, 0.1) is 12.7 Å². The van der Waals surface area contributed by atoms with Crippen molar-refractivity contribution < 1.29 is 4.39 Å². The van der Waals surface area contributed by atoms with E-state index in [4.69, 9.17) is 0 Å². The van der Waals surface area contributed by atoms with Crippen LogP contribution < -0.4 is 0 Å². The SMILES string of the molecule is C=CCn1c(CSc2ccc(C)cc2)nnc1SCc1ccccc1F. The van der Waals surface area contributed by atoms with Gasteiger partial charge in [0.15, 0.2) is 5.16 Å². The number of thioether (sulfide) groups is 2. The van der Waals surface area contributed by atoms with Crippen molar-refractivity contribution in [2.45, 2.75) is 35.0 Å². The van der Waals surface area contributed by atoms with Crippen LogP contribution in [0.4, 0.5) is 4.39 Å². The Kier molecular flexibility index (Phi) is 6.52. The molecule has 0 fully saturated rings. The lowest BCUT2D eigenvalue weighted by molar-refractivity contribution is 0.617. The summed E-state index contributed by atoms with van der Waals surface area (Å²) < 4.78 is 15.8. The number of aryl methyl sites for hydroxylation is 1. The van der Waals surface area contributed by atoms with Crippen LogP contribution in [0.15, 0.2) is 71.2 Å². The molecule has 0 spiro atoms. The summed E-state index contributed by atoms with van der Waals surface area (Å²) in [6, 6.07) is 15.3. The summed E-state index contributed by atoms with van der Waals surface area (Å²) in [5.41, 5.74) is 1.91. The highest BCUT2D eigenvalue weighted by Crippen LogP contribution is 2.27. The zero-order valence-electron chi connectivity index (χ0n) is 14.6. The monoisotopic (exact) mass is 385 g/mol. The molecule has 1 aromatic heterocycles. The zero-order chi connectivity index (χ0) is 18.4. The lowest BCUT2D eigenvalue weighted by Gasteiger charge is -2.08. The van der Waals surface area contributed by atoms with E-state index < -0.39 is 0 Å². The molecule has 0 saturated carbocycles. The Morgan fingerprint density at radius 2 is 1.81 bits per heavy atom. The van der Waals surface area contributed by atoms with E-state index >= 15 is 0 Å². The molecule has 1 heterocycles. The van der Waals surface area contributed by atoms with Crippen LogP contribution in [0.5, 0.6) is 0 Å². The van der Waals surface area contributed by atoms with E-state index in [1.807, 2.05) is 16.7 Å². The lowest BCUT2D eigenvalue weighted by Crippen LogP contribution is -2.03. The van der Waals surface area contributed by atoms with Crippen LogP contribution >= 0.6 is 23.5 Å². The van der Waals surface area contributed by atoms with Gasteiger partial charge in [0, 0.05) is 17.2 Å². The van der Waals surface area contributed by atoms with Gasteiger partial charge in [-0.1, -0.05) is 53.7 Å². The predicted molar refractivity (Wildman–Crippen MR) is 107 cm³/mol. The Morgan fingerprint density at radius 3 is 2.54 bits per heavy atom. The van der Waals surface area contributed by atoms with E-state index in [2.05, 4.69) is 48.0 Å². The van der Waals surface area contributed by atoms with Gasteiger partial charge >= 0.3 is 0 Å². The molecule has 0 N–H and O–H groups in total. The number of hydrogen-bond acceptors (Lipinski definition) is 4. The molecule has 0 saturated heterocycles. The quantitative estimate of drug-likeness (QED) is 0.379. The number of benzene rings is 2. The second-order valence-electron chi connectivity index (χ2n) is 5.78. The molecule has 0 amide bonds. The van der Waals surface area contributed by atoms with Gasteiger partial charge in [-0.15, -0.1) is 28.5 Å². The molecule has 3 rings (SSSR count). The van der Waals surface area contributed by atoms with E-state index in [-0.39, 0.29) is 5.82 Å². The number of allylic oxidation sites excluding steroid dienone is 1. The maximum Gasteiger partial charge on any atom is 0.191 e. The van der Waals surface area contributed by atoms with Gasteiger partial charge in [0.05, 0.1) is 5.75 Å². The van der Waals surface area contributed by atoms with Crippen molar-refractivity contribution in [1.29, 1.82) is 0 Å². The molecule has 0 unspecified atom stereocenters. The first-order valence-corrected chi connectivity index (χ1v) is 10.2. The van der Waals surface area contributed by atoms with Crippen LogP contribution in [0.3, 0.4) is 0 Å². The Balaban J connectivity index is 1.70. The summed E-state index contributed by atoms with van der Waals surface area (Å²) in [5.74, 6) is 1.95. The predicted octanol–water partition coefficient (Wildman–Crippen LogP) is 5.50. The van der Waals surface area contributed by atoms with E-state index in [1.54, 1.807) is 23.9 Å². The summed E-state index contributed by atoms with van der Waals surface area (Å²) >= 11 is 3.22. The van der Waals surface area contributed by atoms with Crippen molar-refractivity contribution in [3.8, 4) is 0 Å². The topological polar surface area (TPSA) is 30.7 Å². The van der Waals surface area contributed by atoms with Gasteiger partial charge in [-0.25, -0.2) is 4.39 Å². The molecule has 0 aliphatic carbocycles. The van der Waals surface area contributed by atoms with Crippen molar-refractivity contribution >= 4 is 23.5 Å². The molecule has 2 aromatic carbocycles. The van der Waals surface area contributed by atoms with E-state index in [0.717, 1.165) is 16.7 Å². The fourth-order valence-corrected chi connectivity index (χ4v) is 4.18. The fourth-order valence-electron chi connectivity index (χ4n) is 2.39. The van der Waals surface area contributed by atoms with Crippen molar-refractivity contribution in [2.75, 3.05) is 0 Å². The van der Waals surface area contributed by atoms with Crippen molar-refractivity contribution in [3.63, 3.8) is 0 Å². The first kappa shape index (κ1) is 18.7. The van der Waals surface area contributed by atoms with Gasteiger partial charge in [-0.05, 0) is 30.7 Å². The Hall–Kier alpha value is -2.05. The fraction of sp³-hybridized carbons (Fsp3) is 0.200. The van der Waals surface area contributed by atoms with Gasteiger partial charge in [0.1, 0.15) is 11.6 Å². The number of hydrogen-bond donors (Lipinski definition) is 0. The number of rotatable bonds is 8. The minimum atomic E-state index is -0.190. The van der Waals surface area contributed by atoms with Crippen LogP contribution in [0.25, 0.3) is 0 Å². The Bertz CT molecular complexity index is 875. The van der Waals surface area contributed by atoms with Crippen molar-refractivity contribution in [3.05, 3.63) is 84.0 Å². The largest absolute Gasteiger partial charge is 0.301 e. The summed E-state index contributed by atoms with van der Waals surface area (Å²) in [6.45, 7) is 6.54. The molecular formula is C20H20FN3S2. The molecule has 26 heavy (non-hydrogen) atoms. The third-order valence-corrected chi connectivity index (χ3v) is 5.83. The third-order valence-electron chi connectivity index (χ3n) is 3.81. The molecule has 3 nitrogen and oxygen atoms in total. The first-order valence-electron chi connectivity index (χ1n) is 8.26. The van der Waals surface area contributed by atoms with E-state index in [0.29, 0.717) is 17.9 Å². The minimum Gasteiger partial charge on any atom is -0.301 e. The maximum absolute atomic E-state index is 13.8. The highest BCUT2D eigenvalue weighted by Gasteiger charge is 2.13. The van der Waals surface area contributed by atoms with Crippen LogP contribution in [0.2, 0.25) is 0 Å². The molecular weight excluding hydrogens is 365 g/mol. The average molecular weight is 386 g/mol. The molecule has 0 bridgehead atoms. The molecule has 0 aliphatic heterocycles. The Morgan fingerprint density at radius 1 is 1.04 bits per heavy atom. The van der Waals surface area contributed by atoms with Crippen LogP contribution in [-0.4, -0.2) is 14.8 Å². The van der Waals surface area contributed by atoms with Gasteiger partial charge < -0.3 is 4.57 Å². The number of aromatic nitrogens is 3. The summed E-state index contributed by atoms with van der Waals surface area (Å²) in [5, 5.41) is 9.41. The van der Waals surface area contributed by atoms with Crippen molar-refractivity contribution in [2.24, 2.45) is 0 Å². The zero-order valence-corrected chi connectivity index (χ0v) is 16.2. The Labute approximate surface area is 161 Å². The van der Waals surface area contributed by atoms with Crippen LogP contribution in [-0.2, 0) is 18.1 Å². The summed E-state index contributed by atoms with van der Waals surface area (Å²) in [4.78, 5) is 1.20. The highest BCUT2D eigenvalue weighted by atomic mass is 32.2. The van der Waals surface area contributed by atoms with Gasteiger partial charge in [-0.3, -0.25) is 0 Å². The van der Waals surface area contributed by atoms with Gasteiger partial charge in [0.2, 0.25) is 0 Å². The second-order valence-corrected chi connectivity index (χ2v) is 7.77. The van der Waals surface area contributed by atoms with Gasteiger partial charge in [0.25, 0.3) is 0 Å². The number of halogens is 1. The van der Waals surface area contributed by atoms with Gasteiger partial charge in [-0.2, -0.15) is 0 Å². The molecule has 3 aromatic rings. The first-order chi connectivity index (χ1) is 12.7. The molecule has 134 valence electrons. The van der Waals surface area contributed by atoms with Crippen LogP contribution in [0.1, 0.15) is 17.0 Å². The summed E-state index contributed by atoms with van der Waals surface area (Å²) in [7, 11) is 0. The van der Waals surface area contributed by atoms with E-state index in [1.165, 1.54) is 28.3 Å². The average Bonchev–Trinajstić information content (AvgIpc) is 3.03.